The van der Waals surface area contributed by atoms with E-state index in [1.54, 1.807) is 6.20 Å². The van der Waals surface area contributed by atoms with Gasteiger partial charge in [-0.3, -0.25) is 4.79 Å². The Morgan fingerprint density at radius 1 is 1.29 bits per heavy atom. The zero-order valence-electron chi connectivity index (χ0n) is 9.31. The predicted molar refractivity (Wildman–Crippen MR) is 66.8 cm³/mol. The first-order chi connectivity index (χ1) is 8.33. The van der Waals surface area contributed by atoms with Crippen molar-refractivity contribution in [3.8, 4) is 0 Å². The van der Waals surface area contributed by atoms with Crippen molar-refractivity contribution < 1.29 is 4.79 Å². The third kappa shape index (κ3) is 1.93. The van der Waals surface area contributed by atoms with Crippen LogP contribution in [0.1, 0.15) is 6.42 Å². The fourth-order valence-corrected chi connectivity index (χ4v) is 2.14. The van der Waals surface area contributed by atoms with Gasteiger partial charge in [0.25, 0.3) is 0 Å². The fraction of sp³-hybridized carbons (Fsp3) is 0.231. The maximum atomic E-state index is 11.1. The van der Waals surface area contributed by atoms with Gasteiger partial charge in [0.05, 0.1) is 6.04 Å². The molecule has 1 aliphatic heterocycles. The third-order valence-electron chi connectivity index (χ3n) is 2.99. The van der Waals surface area contributed by atoms with Gasteiger partial charge in [-0.15, -0.1) is 0 Å². The van der Waals surface area contributed by atoms with Crippen LogP contribution < -0.4 is 10.6 Å². The van der Waals surface area contributed by atoms with E-state index in [-0.39, 0.29) is 11.9 Å². The number of nitrogens with one attached hydrogen (secondary N) is 2. The lowest BCUT2D eigenvalue weighted by molar-refractivity contribution is -0.119. The van der Waals surface area contributed by atoms with Gasteiger partial charge in [0.1, 0.15) is 5.82 Å². The van der Waals surface area contributed by atoms with Crippen LogP contribution in [0.25, 0.3) is 10.8 Å². The number of fused-ring (bicyclic) bond motifs is 1. The van der Waals surface area contributed by atoms with E-state index in [4.69, 9.17) is 0 Å². The Morgan fingerprint density at radius 2 is 2.18 bits per heavy atom. The lowest BCUT2D eigenvalue weighted by Gasteiger charge is -2.12. The van der Waals surface area contributed by atoms with E-state index in [1.165, 1.54) is 0 Å². The molecule has 4 nitrogen and oxygen atoms in total. The molecule has 1 aromatic carbocycles. The van der Waals surface area contributed by atoms with Crippen molar-refractivity contribution >= 4 is 22.5 Å². The summed E-state index contributed by atoms with van der Waals surface area (Å²) in [6, 6.07) is 10.2. The average Bonchev–Trinajstić information content (AvgIpc) is 2.75. The number of hydrogen-bond acceptors (Lipinski definition) is 3. The SMILES string of the molecule is O=C1CC(Nc2nccc3ccccc23)CN1. The molecular weight excluding hydrogens is 214 g/mol. The summed E-state index contributed by atoms with van der Waals surface area (Å²) in [7, 11) is 0. The predicted octanol–water partition coefficient (Wildman–Crippen LogP) is 1.54. The number of carbonyl (C=O) groups excluding carboxylic acids is 1. The van der Waals surface area contributed by atoms with E-state index < -0.39 is 0 Å². The average molecular weight is 227 g/mol. The third-order valence-corrected chi connectivity index (χ3v) is 2.99. The molecule has 86 valence electrons. The molecule has 3 rings (SSSR count). The first kappa shape index (κ1) is 10.1. The molecule has 0 bridgehead atoms. The maximum Gasteiger partial charge on any atom is 0.222 e. The highest BCUT2D eigenvalue weighted by molar-refractivity contribution is 5.92. The molecule has 17 heavy (non-hydrogen) atoms. The highest BCUT2D eigenvalue weighted by Crippen LogP contribution is 2.21. The zero-order chi connectivity index (χ0) is 11.7. The minimum atomic E-state index is 0.0998. The van der Waals surface area contributed by atoms with E-state index in [0.29, 0.717) is 13.0 Å². The maximum absolute atomic E-state index is 11.1. The Balaban J connectivity index is 1.92. The smallest absolute Gasteiger partial charge is 0.222 e. The van der Waals surface area contributed by atoms with Crippen molar-refractivity contribution in [1.29, 1.82) is 0 Å². The Kier molecular flexibility index (Phi) is 2.40. The van der Waals surface area contributed by atoms with Gasteiger partial charge in [0, 0.05) is 24.5 Å². The molecule has 0 aliphatic carbocycles. The van der Waals surface area contributed by atoms with Gasteiger partial charge < -0.3 is 10.6 Å². The quantitative estimate of drug-likeness (QED) is 0.818. The summed E-state index contributed by atoms with van der Waals surface area (Å²) in [5.41, 5.74) is 0. The number of pyridine rings is 1. The molecule has 1 saturated heterocycles. The summed E-state index contributed by atoms with van der Waals surface area (Å²) >= 11 is 0. The molecule has 2 N–H and O–H groups in total. The summed E-state index contributed by atoms with van der Waals surface area (Å²) in [5, 5.41) is 8.38. The van der Waals surface area contributed by atoms with Crippen molar-refractivity contribution in [2.24, 2.45) is 0 Å². The molecule has 4 heteroatoms. The molecule has 2 aromatic rings. The molecule has 1 unspecified atom stereocenters. The van der Waals surface area contributed by atoms with Crippen LogP contribution in [0.2, 0.25) is 0 Å². The summed E-state index contributed by atoms with van der Waals surface area (Å²) in [4.78, 5) is 15.5. The van der Waals surface area contributed by atoms with E-state index >= 15 is 0 Å². The van der Waals surface area contributed by atoms with Crippen LogP contribution in [-0.4, -0.2) is 23.5 Å². The number of aromatic nitrogens is 1. The highest BCUT2D eigenvalue weighted by Gasteiger charge is 2.21. The van der Waals surface area contributed by atoms with E-state index in [2.05, 4.69) is 21.7 Å². The van der Waals surface area contributed by atoms with Crippen LogP contribution in [0.4, 0.5) is 5.82 Å². The van der Waals surface area contributed by atoms with Gasteiger partial charge in [-0.2, -0.15) is 0 Å². The lowest BCUT2D eigenvalue weighted by atomic mass is 10.1. The van der Waals surface area contributed by atoms with Crippen LogP contribution in [0.15, 0.2) is 36.5 Å². The minimum absolute atomic E-state index is 0.0998. The number of rotatable bonds is 2. The molecule has 1 aliphatic rings. The normalized spacial score (nSPS) is 19.3. The first-order valence-corrected chi connectivity index (χ1v) is 5.70. The summed E-state index contributed by atoms with van der Waals surface area (Å²) < 4.78 is 0. The largest absolute Gasteiger partial charge is 0.365 e. The second-order valence-electron chi connectivity index (χ2n) is 4.23. The molecular formula is C13H13N3O. The number of benzene rings is 1. The molecule has 1 aromatic heterocycles. The first-order valence-electron chi connectivity index (χ1n) is 5.70. The standard InChI is InChI=1S/C13H13N3O/c17-12-7-10(8-15-12)16-13-11-4-2-1-3-9(11)5-6-14-13/h1-6,10H,7-8H2,(H,14,16)(H,15,17). The number of carbonyl (C=O) groups is 1. The van der Waals surface area contributed by atoms with Gasteiger partial charge in [-0.05, 0) is 11.5 Å². The number of nitrogens with zero attached hydrogens (tertiary/aromatic N) is 1. The van der Waals surface area contributed by atoms with E-state index in [0.717, 1.165) is 16.6 Å². The molecule has 0 radical (unpaired) electrons. The van der Waals surface area contributed by atoms with Crippen LogP contribution in [0, 0.1) is 0 Å². The van der Waals surface area contributed by atoms with Crippen LogP contribution in [0.3, 0.4) is 0 Å². The lowest BCUT2D eigenvalue weighted by Crippen LogP contribution is -2.22. The second-order valence-corrected chi connectivity index (χ2v) is 4.23. The Morgan fingerprint density at radius 3 is 3.00 bits per heavy atom. The molecule has 1 amide bonds. The molecule has 0 spiro atoms. The van der Waals surface area contributed by atoms with Crippen molar-refractivity contribution in [2.45, 2.75) is 12.5 Å². The number of amides is 1. The number of hydrogen-bond donors (Lipinski definition) is 2. The fourth-order valence-electron chi connectivity index (χ4n) is 2.14. The summed E-state index contributed by atoms with van der Waals surface area (Å²) in [5.74, 6) is 0.951. The van der Waals surface area contributed by atoms with E-state index in [1.807, 2.05) is 24.3 Å². The Bertz CT molecular complexity index is 562. The topological polar surface area (TPSA) is 54.0 Å². The van der Waals surface area contributed by atoms with Crippen LogP contribution in [0.5, 0.6) is 0 Å². The second kappa shape index (κ2) is 4.05. The molecule has 0 saturated carbocycles. The monoisotopic (exact) mass is 227 g/mol. The Hall–Kier alpha value is -2.10. The minimum Gasteiger partial charge on any atom is -0.365 e. The van der Waals surface area contributed by atoms with Crippen LogP contribution in [-0.2, 0) is 4.79 Å². The number of anilines is 1. The van der Waals surface area contributed by atoms with Crippen molar-refractivity contribution in [3.05, 3.63) is 36.5 Å². The molecule has 1 atom stereocenters. The van der Waals surface area contributed by atoms with Gasteiger partial charge >= 0.3 is 0 Å². The van der Waals surface area contributed by atoms with Crippen molar-refractivity contribution in [3.63, 3.8) is 0 Å². The summed E-state index contributed by atoms with van der Waals surface area (Å²) in [6.45, 7) is 0.670. The molecule has 1 fully saturated rings. The van der Waals surface area contributed by atoms with Crippen LogP contribution >= 0.6 is 0 Å². The Labute approximate surface area is 99.0 Å². The van der Waals surface area contributed by atoms with E-state index in [9.17, 15) is 4.79 Å². The van der Waals surface area contributed by atoms with Gasteiger partial charge in [-0.1, -0.05) is 24.3 Å². The van der Waals surface area contributed by atoms with Crippen molar-refractivity contribution in [2.75, 3.05) is 11.9 Å². The highest BCUT2D eigenvalue weighted by atomic mass is 16.1. The van der Waals surface area contributed by atoms with Crippen molar-refractivity contribution in [1.82, 2.24) is 10.3 Å². The van der Waals surface area contributed by atoms with Gasteiger partial charge in [0.15, 0.2) is 0 Å². The summed E-state index contributed by atoms with van der Waals surface area (Å²) in [6.07, 6.45) is 2.31. The molecule has 2 heterocycles. The van der Waals surface area contributed by atoms with Gasteiger partial charge in [0.2, 0.25) is 5.91 Å². The van der Waals surface area contributed by atoms with Gasteiger partial charge in [-0.25, -0.2) is 4.98 Å². The zero-order valence-corrected chi connectivity index (χ0v) is 9.31.